The van der Waals surface area contributed by atoms with Crippen LogP contribution in [-0.4, -0.2) is 26.3 Å². The molecule has 2 unspecified atom stereocenters. The number of carbonyl (C=O) groups excluding carboxylic acids is 1. The first-order valence-electron chi connectivity index (χ1n) is 3.82. The molecule has 0 N–H and O–H groups in total. The lowest BCUT2D eigenvalue weighted by Gasteiger charge is -2.16. The zero-order valence-electron chi connectivity index (χ0n) is 7.37. The van der Waals surface area contributed by atoms with Crippen molar-refractivity contribution in [1.82, 2.24) is 0 Å². The topological polar surface area (TPSA) is 35.5 Å². The summed E-state index contributed by atoms with van der Waals surface area (Å²) in [5.74, 6) is 0.266. The fraction of sp³-hybridized carbons (Fsp3) is 0.875. The van der Waals surface area contributed by atoms with Crippen LogP contribution in [0.3, 0.4) is 0 Å². The molecule has 0 heterocycles. The van der Waals surface area contributed by atoms with Gasteiger partial charge in [-0.1, -0.05) is 20.3 Å². The minimum Gasteiger partial charge on any atom is -0.359 e. The zero-order chi connectivity index (χ0) is 8.69. The Morgan fingerprint density at radius 3 is 2.55 bits per heavy atom. The van der Waals surface area contributed by atoms with E-state index < -0.39 is 0 Å². The summed E-state index contributed by atoms with van der Waals surface area (Å²) in [6.45, 7) is 4.19. The highest BCUT2D eigenvalue weighted by atomic mass is 16.7. The molecule has 0 radical (unpaired) electrons. The van der Waals surface area contributed by atoms with Crippen molar-refractivity contribution in [2.75, 3.05) is 13.9 Å². The van der Waals surface area contributed by atoms with Gasteiger partial charge in [-0.05, 0) is 5.92 Å². The summed E-state index contributed by atoms with van der Waals surface area (Å²) in [6.07, 6.45) is 1.44. The predicted octanol–water partition coefficient (Wildman–Crippen LogP) is 1.22. The second-order valence-corrected chi connectivity index (χ2v) is 2.56. The maximum Gasteiger partial charge on any atom is 0.149 e. The Hall–Kier alpha value is -0.410. The first-order valence-corrected chi connectivity index (χ1v) is 3.82. The van der Waals surface area contributed by atoms with Crippen LogP contribution in [0.5, 0.6) is 0 Å². The van der Waals surface area contributed by atoms with Crippen LogP contribution in [0.25, 0.3) is 0 Å². The van der Waals surface area contributed by atoms with Gasteiger partial charge in [0.05, 0.1) is 0 Å². The van der Waals surface area contributed by atoms with Gasteiger partial charge in [-0.25, -0.2) is 0 Å². The van der Waals surface area contributed by atoms with Gasteiger partial charge >= 0.3 is 0 Å². The van der Waals surface area contributed by atoms with E-state index in [1.807, 2.05) is 13.8 Å². The fourth-order valence-electron chi connectivity index (χ4n) is 0.717. The molecule has 3 nitrogen and oxygen atoms in total. The molecule has 11 heavy (non-hydrogen) atoms. The summed E-state index contributed by atoms with van der Waals surface area (Å²) in [5, 5.41) is 0. The lowest BCUT2D eigenvalue weighted by atomic mass is 10.0. The third-order valence-corrected chi connectivity index (χ3v) is 1.72. The monoisotopic (exact) mass is 160 g/mol. The number of rotatable bonds is 6. The molecule has 0 aliphatic carbocycles. The van der Waals surface area contributed by atoms with Crippen molar-refractivity contribution >= 4 is 6.29 Å². The Labute approximate surface area is 67.7 Å². The Bertz CT molecular complexity index is 104. The molecule has 0 fully saturated rings. The van der Waals surface area contributed by atoms with E-state index in [-0.39, 0.29) is 18.8 Å². The van der Waals surface area contributed by atoms with Gasteiger partial charge in [0.25, 0.3) is 0 Å². The normalized spacial score (nSPS) is 15.9. The third kappa shape index (κ3) is 4.11. The lowest BCUT2D eigenvalue weighted by Crippen LogP contribution is -2.23. The van der Waals surface area contributed by atoms with Gasteiger partial charge in [0.1, 0.15) is 19.2 Å². The minimum absolute atomic E-state index is 0.188. The van der Waals surface area contributed by atoms with Gasteiger partial charge in [-0.15, -0.1) is 0 Å². The average molecular weight is 160 g/mol. The molecule has 0 aromatic carbocycles. The molecule has 3 heteroatoms. The standard InChI is InChI=1S/C8H16O3/c1-4-7(2)8(5-9)11-6-10-3/h5,7-8H,4,6H2,1-3H3. The summed E-state index contributed by atoms with van der Waals surface area (Å²) < 4.78 is 9.79. The molecule has 0 rings (SSSR count). The summed E-state index contributed by atoms with van der Waals surface area (Å²) in [6, 6.07) is 0. The van der Waals surface area contributed by atoms with Crippen molar-refractivity contribution in [2.24, 2.45) is 5.92 Å². The minimum atomic E-state index is -0.319. The van der Waals surface area contributed by atoms with Crippen LogP contribution in [0.1, 0.15) is 20.3 Å². The molecular weight excluding hydrogens is 144 g/mol. The van der Waals surface area contributed by atoms with Crippen LogP contribution >= 0.6 is 0 Å². The first kappa shape index (κ1) is 10.6. The molecule has 0 spiro atoms. The number of ether oxygens (including phenoxy) is 2. The van der Waals surface area contributed by atoms with Crippen molar-refractivity contribution in [1.29, 1.82) is 0 Å². The molecule has 2 atom stereocenters. The van der Waals surface area contributed by atoms with Crippen molar-refractivity contribution in [3.05, 3.63) is 0 Å². The Kier molecular flexibility index (Phi) is 6.07. The van der Waals surface area contributed by atoms with Gasteiger partial charge < -0.3 is 14.3 Å². The van der Waals surface area contributed by atoms with Gasteiger partial charge in [0.2, 0.25) is 0 Å². The van der Waals surface area contributed by atoms with Crippen LogP contribution < -0.4 is 0 Å². The van der Waals surface area contributed by atoms with E-state index in [9.17, 15) is 4.79 Å². The molecule has 0 aliphatic heterocycles. The van der Waals surface area contributed by atoms with Crippen LogP contribution in [0.4, 0.5) is 0 Å². The van der Waals surface area contributed by atoms with Gasteiger partial charge in [0.15, 0.2) is 0 Å². The van der Waals surface area contributed by atoms with Crippen LogP contribution in [-0.2, 0) is 14.3 Å². The molecule has 0 saturated carbocycles. The first-order chi connectivity index (χ1) is 5.26. The molecule has 66 valence electrons. The third-order valence-electron chi connectivity index (χ3n) is 1.72. The summed E-state index contributed by atoms with van der Waals surface area (Å²) >= 11 is 0. The van der Waals surface area contributed by atoms with Gasteiger partial charge in [-0.3, -0.25) is 0 Å². The van der Waals surface area contributed by atoms with E-state index >= 15 is 0 Å². The van der Waals surface area contributed by atoms with E-state index in [0.717, 1.165) is 12.7 Å². The molecular formula is C8H16O3. The van der Waals surface area contributed by atoms with E-state index in [1.165, 1.54) is 0 Å². The van der Waals surface area contributed by atoms with Crippen LogP contribution in [0.15, 0.2) is 0 Å². The van der Waals surface area contributed by atoms with Crippen LogP contribution in [0, 0.1) is 5.92 Å². The van der Waals surface area contributed by atoms with E-state index in [4.69, 9.17) is 4.74 Å². The van der Waals surface area contributed by atoms with Gasteiger partial charge in [-0.2, -0.15) is 0 Å². The second-order valence-electron chi connectivity index (χ2n) is 2.56. The molecule has 0 aliphatic rings. The Balaban J connectivity index is 3.65. The number of carbonyl (C=O) groups is 1. The zero-order valence-corrected chi connectivity index (χ0v) is 7.37. The summed E-state index contributed by atoms with van der Waals surface area (Å²) in [4.78, 5) is 10.4. The number of hydrogen-bond donors (Lipinski definition) is 0. The largest absolute Gasteiger partial charge is 0.359 e. The van der Waals surface area contributed by atoms with E-state index in [1.54, 1.807) is 7.11 Å². The van der Waals surface area contributed by atoms with Crippen molar-refractivity contribution in [2.45, 2.75) is 26.4 Å². The Morgan fingerprint density at radius 2 is 2.18 bits per heavy atom. The average Bonchev–Trinajstić information content (AvgIpc) is 2.05. The van der Waals surface area contributed by atoms with E-state index in [2.05, 4.69) is 4.74 Å². The lowest BCUT2D eigenvalue weighted by molar-refractivity contribution is -0.132. The highest BCUT2D eigenvalue weighted by Gasteiger charge is 2.14. The Morgan fingerprint density at radius 1 is 1.55 bits per heavy atom. The predicted molar refractivity (Wildman–Crippen MR) is 42.3 cm³/mol. The molecule has 0 aromatic heterocycles. The summed E-state index contributed by atoms with van der Waals surface area (Å²) in [5.41, 5.74) is 0. The number of hydrogen-bond acceptors (Lipinski definition) is 3. The second kappa shape index (κ2) is 6.31. The molecule has 0 saturated heterocycles. The highest BCUT2D eigenvalue weighted by Crippen LogP contribution is 2.08. The molecule has 0 aromatic rings. The quantitative estimate of drug-likeness (QED) is 0.433. The maximum absolute atomic E-state index is 10.4. The number of aldehydes is 1. The van der Waals surface area contributed by atoms with Crippen molar-refractivity contribution in [3.8, 4) is 0 Å². The smallest absolute Gasteiger partial charge is 0.149 e. The maximum atomic E-state index is 10.4. The van der Waals surface area contributed by atoms with Crippen LogP contribution in [0.2, 0.25) is 0 Å². The summed E-state index contributed by atoms with van der Waals surface area (Å²) in [7, 11) is 1.54. The van der Waals surface area contributed by atoms with Gasteiger partial charge in [0, 0.05) is 7.11 Å². The SMILES string of the molecule is CCC(C)C(C=O)OCOC. The molecule has 0 bridgehead atoms. The van der Waals surface area contributed by atoms with E-state index in [0.29, 0.717) is 0 Å². The fourth-order valence-corrected chi connectivity index (χ4v) is 0.717. The van der Waals surface area contributed by atoms with Crippen molar-refractivity contribution in [3.63, 3.8) is 0 Å². The molecule has 0 amide bonds. The van der Waals surface area contributed by atoms with Crippen molar-refractivity contribution < 1.29 is 14.3 Å². The number of methoxy groups -OCH3 is 1. The highest BCUT2D eigenvalue weighted by molar-refractivity contribution is 5.56.